The molecule has 0 saturated heterocycles. The molecule has 0 aliphatic carbocycles. The highest BCUT2D eigenvalue weighted by molar-refractivity contribution is 6.04. The molecular formula is C14H14N2O2. The number of aromatic nitrogens is 1. The standard InChI is InChI=1S/C14H14N2O2/c1-10-13(7-4-8-15-10)16-14(17)11-5-3-6-12(9-11)18-2/h3-9H,1-2H3,(H,16,17). The van der Waals surface area contributed by atoms with Crippen LogP contribution in [-0.4, -0.2) is 18.0 Å². The predicted molar refractivity (Wildman–Crippen MR) is 69.9 cm³/mol. The molecule has 2 aromatic rings. The van der Waals surface area contributed by atoms with E-state index in [9.17, 15) is 4.79 Å². The summed E-state index contributed by atoms with van der Waals surface area (Å²) in [5, 5.41) is 2.82. The number of anilines is 1. The van der Waals surface area contributed by atoms with Crippen LogP contribution in [0.3, 0.4) is 0 Å². The molecule has 0 unspecified atom stereocenters. The van der Waals surface area contributed by atoms with Crippen LogP contribution >= 0.6 is 0 Å². The van der Waals surface area contributed by atoms with Crippen LogP contribution in [0.4, 0.5) is 5.69 Å². The van der Waals surface area contributed by atoms with Gasteiger partial charge in [0.25, 0.3) is 5.91 Å². The SMILES string of the molecule is COc1cccc(C(=O)Nc2cccnc2C)c1. The lowest BCUT2D eigenvalue weighted by Crippen LogP contribution is -2.13. The van der Waals surface area contributed by atoms with Crippen LogP contribution in [0.15, 0.2) is 42.6 Å². The number of methoxy groups -OCH3 is 1. The van der Waals surface area contributed by atoms with Crippen molar-refractivity contribution in [3.05, 3.63) is 53.9 Å². The van der Waals surface area contributed by atoms with E-state index in [0.29, 0.717) is 17.0 Å². The molecule has 2 rings (SSSR count). The maximum atomic E-state index is 12.0. The van der Waals surface area contributed by atoms with Crippen molar-refractivity contribution >= 4 is 11.6 Å². The van der Waals surface area contributed by atoms with Crippen molar-refractivity contribution in [1.29, 1.82) is 0 Å². The van der Waals surface area contributed by atoms with Crippen molar-refractivity contribution in [3.63, 3.8) is 0 Å². The maximum absolute atomic E-state index is 12.0. The molecule has 1 amide bonds. The molecule has 1 aromatic heterocycles. The predicted octanol–water partition coefficient (Wildman–Crippen LogP) is 2.65. The van der Waals surface area contributed by atoms with Crippen LogP contribution in [0.5, 0.6) is 5.75 Å². The lowest BCUT2D eigenvalue weighted by atomic mass is 10.2. The number of amides is 1. The second kappa shape index (κ2) is 5.31. The van der Waals surface area contributed by atoms with E-state index in [2.05, 4.69) is 10.3 Å². The van der Waals surface area contributed by atoms with Gasteiger partial charge in [0.15, 0.2) is 0 Å². The van der Waals surface area contributed by atoms with E-state index < -0.39 is 0 Å². The molecule has 0 saturated carbocycles. The van der Waals surface area contributed by atoms with Crippen molar-refractivity contribution in [3.8, 4) is 5.75 Å². The maximum Gasteiger partial charge on any atom is 0.255 e. The highest BCUT2D eigenvalue weighted by Crippen LogP contribution is 2.16. The lowest BCUT2D eigenvalue weighted by Gasteiger charge is -2.08. The topological polar surface area (TPSA) is 51.2 Å². The molecule has 0 spiro atoms. The Morgan fingerprint density at radius 2 is 2.11 bits per heavy atom. The van der Waals surface area contributed by atoms with Gasteiger partial charge in [-0.25, -0.2) is 0 Å². The third kappa shape index (κ3) is 2.66. The normalized spacial score (nSPS) is 9.89. The first kappa shape index (κ1) is 12.1. The molecule has 1 N–H and O–H groups in total. The van der Waals surface area contributed by atoms with Crippen LogP contribution in [0.25, 0.3) is 0 Å². The largest absolute Gasteiger partial charge is 0.497 e. The Balaban J connectivity index is 2.19. The Morgan fingerprint density at radius 1 is 1.28 bits per heavy atom. The summed E-state index contributed by atoms with van der Waals surface area (Å²) in [6.45, 7) is 1.85. The van der Waals surface area contributed by atoms with E-state index in [4.69, 9.17) is 4.74 Å². The number of pyridine rings is 1. The molecule has 4 nitrogen and oxygen atoms in total. The van der Waals surface area contributed by atoms with E-state index >= 15 is 0 Å². The second-order valence-electron chi connectivity index (χ2n) is 3.82. The first-order valence-electron chi connectivity index (χ1n) is 5.58. The number of nitrogens with one attached hydrogen (secondary N) is 1. The van der Waals surface area contributed by atoms with Crippen molar-refractivity contribution in [1.82, 2.24) is 4.98 Å². The Kier molecular flexibility index (Phi) is 3.57. The van der Waals surface area contributed by atoms with E-state index in [0.717, 1.165) is 5.69 Å². The van der Waals surface area contributed by atoms with Gasteiger partial charge in [-0.2, -0.15) is 0 Å². The third-order valence-electron chi connectivity index (χ3n) is 2.59. The first-order chi connectivity index (χ1) is 8.70. The molecule has 18 heavy (non-hydrogen) atoms. The fraction of sp³-hybridized carbons (Fsp3) is 0.143. The zero-order valence-electron chi connectivity index (χ0n) is 10.3. The minimum Gasteiger partial charge on any atom is -0.497 e. The average molecular weight is 242 g/mol. The number of rotatable bonds is 3. The minimum atomic E-state index is -0.176. The number of ether oxygens (including phenoxy) is 1. The fourth-order valence-corrected chi connectivity index (χ4v) is 1.58. The van der Waals surface area contributed by atoms with E-state index in [-0.39, 0.29) is 5.91 Å². The Bertz CT molecular complexity index is 567. The summed E-state index contributed by atoms with van der Waals surface area (Å²) < 4.78 is 5.09. The summed E-state index contributed by atoms with van der Waals surface area (Å²) in [6.07, 6.45) is 1.69. The lowest BCUT2D eigenvalue weighted by molar-refractivity contribution is 0.102. The summed E-state index contributed by atoms with van der Waals surface area (Å²) in [4.78, 5) is 16.2. The summed E-state index contributed by atoms with van der Waals surface area (Å²) in [7, 11) is 1.57. The number of carbonyl (C=O) groups is 1. The van der Waals surface area contributed by atoms with Gasteiger partial charge in [-0.3, -0.25) is 9.78 Å². The summed E-state index contributed by atoms with van der Waals surface area (Å²) in [6, 6.07) is 10.6. The summed E-state index contributed by atoms with van der Waals surface area (Å²) in [5.74, 6) is 0.482. The van der Waals surface area contributed by atoms with Gasteiger partial charge in [0.2, 0.25) is 0 Å². The van der Waals surface area contributed by atoms with Gasteiger partial charge >= 0.3 is 0 Å². The van der Waals surface area contributed by atoms with Crippen molar-refractivity contribution < 1.29 is 9.53 Å². The van der Waals surface area contributed by atoms with Crippen LogP contribution in [0.2, 0.25) is 0 Å². The van der Waals surface area contributed by atoms with Gasteiger partial charge < -0.3 is 10.1 Å². The van der Waals surface area contributed by atoms with Gasteiger partial charge in [-0.05, 0) is 37.3 Å². The summed E-state index contributed by atoms with van der Waals surface area (Å²) in [5.41, 5.74) is 2.05. The number of carbonyl (C=O) groups excluding carboxylic acids is 1. The molecule has 0 aliphatic heterocycles. The molecule has 1 heterocycles. The van der Waals surface area contributed by atoms with Gasteiger partial charge in [-0.1, -0.05) is 6.07 Å². The van der Waals surface area contributed by atoms with Gasteiger partial charge in [0.05, 0.1) is 18.5 Å². The Labute approximate surface area is 106 Å². The number of nitrogens with zero attached hydrogens (tertiary/aromatic N) is 1. The van der Waals surface area contributed by atoms with Crippen LogP contribution in [-0.2, 0) is 0 Å². The average Bonchev–Trinajstić information content (AvgIpc) is 2.41. The molecule has 92 valence electrons. The third-order valence-corrected chi connectivity index (χ3v) is 2.59. The highest BCUT2D eigenvalue weighted by Gasteiger charge is 2.08. The van der Waals surface area contributed by atoms with Crippen LogP contribution in [0.1, 0.15) is 16.1 Å². The van der Waals surface area contributed by atoms with Crippen LogP contribution in [0, 0.1) is 6.92 Å². The molecular weight excluding hydrogens is 228 g/mol. The fourth-order valence-electron chi connectivity index (χ4n) is 1.58. The minimum absolute atomic E-state index is 0.176. The molecule has 0 atom stereocenters. The summed E-state index contributed by atoms with van der Waals surface area (Å²) >= 11 is 0. The molecule has 0 bridgehead atoms. The Morgan fingerprint density at radius 3 is 2.83 bits per heavy atom. The molecule has 0 fully saturated rings. The molecule has 4 heteroatoms. The van der Waals surface area contributed by atoms with Crippen molar-refractivity contribution in [2.75, 3.05) is 12.4 Å². The number of hydrogen-bond donors (Lipinski definition) is 1. The molecule has 0 radical (unpaired) electrons. The zero-order valence-corrected chi connectivity index (χ0v) is 10.3. The van der Waals surface area contributed by atoms with Gasteiger partial charge in [-0.15, -0.1) is 0 Å². The van der Waals surface area contributed by atoms with Gasteiger partial charge in [0, 0.05) is 11.8 Å². The quantitative estimate of drug-likeness (QED) is 0.900. The van der Waals surface area contributed by atoms with E-state index in [1.807, 2.05) is 13.0 Å². The van der Waals surface area contributed by atoms with Crippen LogP contribution < -0.4 is 10.1 Å². The second-order valence-corrected chi connectivity index (χ2v) is 3.82. The smallest absolute Gasteiger partial charge is 0.255 e. The number of aryl methyl sites for hydroxylation is 1. The number of hydrogen-bond acceptors (Lipinski definition) is 3. The monoisotopic (exact) mass is 242 g/mol. The van der Waals surface area contributed by atoms with E-state index in [1.54, 1.807) is 43.6 Å². The highest BCUT2D eigenvalue weighted by atomic mass is 16.5. The van der Waals surface area contributed by atoms with Crippen molar-refractivity contribution in [2.24, 2.45) is 0 Å². The molecule has 0 aliphatic rings. The Hall–Kier alpha value is -2.36. The van der Waals surface area contributed by atoms with Crippen molar-refractivity contribution in [2.45, 2.75) is 6.92 Å². The first-order valence-corrected chi connectivity index (χ1v) is 5.58. The van der Waals surface area contributed by atoms with Gasteiger partial charge in [0.1, 0.15) is 5.75 Å². The number of benzene rings is 1. The molecule has 1 aromatic carbocycles. The van der Waals surface area contributed by atoms with E-state index in [1.165, 1.54) is 0 Å². The zero-order chi connectivity index (χ0) is 13.0.